The molecule has 0 heterocycles. The fourth-order valence-corrected chi connectivity index (χ4v) is 2.99. The van der Waals surface area contributed by atoms with E-state index < -0.39 is 0 Å². The predicted molar refractivity (Wildman–Crippen MR) is 90.2 cm³/mol. The smallest absolute Gasteiger partial charge is 0.338 e. The molecule has 0 N–H and O–H groups in total. The quantitative estimate of drug-likeness (QED) is 0.393. The Morgan fingerprint density at radius 3 is 2.60 bits per heavy atom. The second kappa shape index (κ2) is 7.62. The van der Waals surface area contributed by atoms with Crippen molar-refractivity contribution in [3.05, 3.63) is 45.5 Å². The van der Waals surface area contributed by atoms with Crippen LogP contribution in [0.2, 0.25) is 0 Å². The average Bonchev–Trinajstić information content (AvgIpc) is 2.64. The van der Waals surface area contributed by atoms with Gasteiger partial charge in [-0.2, -0.15) is 0 Å². The summed E-state index contributed by atoms with van der Waals surface area (Å²) < 4.78 is 6.47. The molecule has 0 aromatic rings. The first kappa shape index (κ1) is 15.3. The lowest BCUT2D eigenvalue weighted by Gasteiger charge is -2.04. The van der Waals surface area contributed by atoms with E-state index in [1.165, 1.54) is 12.8 Å². The summed E-state index contributed by atoms with van der Waals surface area (Å²) in [7, 11) is 0. The fraction of sp³-hybridized carbons (Fsp3) is 0.353. The Balaban J connectivity index is 2.04. The minimum atomic E-state index is -0.208. The molecule has 20 heavy (non-hydrogen) atoms. The summed E-state index contributed by atoms with van der Waals surface area (Å²) in [6, 6.07) is 11.8. The zero-order chi connectivity index (χ0) is 14.4. The van der Waals surface area contributed by atoms with Gasteiger partial charge in [0.05, 0.1) is 12.2 Å². The molecule has 106 valence electrons. The van der Waals surface area contributed by atoms with Crippen LogP contribution in [0.25, 0.3) is 11.1 Å². The van der Waals surface area contributed by atoms with Gasteiger partial charge in [0, 0.05) is 3.57 Å². The van der Waals surface area contributed by atoms with Gasteiger partial charge in [-0.1, -0.05) is 56.5 Å². The van der Waals surface area contributed by atoms with Gasteiger partial charge in [-0.15, -0.1) is 0 Å². The van der Waals surface area contributed by atoms with E-state index in [0.717, 1.165) is 27.5 Å². The Labute approximate surface area is 134 Å². The molecule has 3 heteroatoms. The van der Waals surface area contributed by atoms with E-state index in [2.05, 4.69) is 29.5 Å². The van der Waals surface area contributed by atoms with Crippen molar-refractivity contribution in [1.29, 1.82) is 0 Å². The first-order valence-corrected chi connectivity index (χ1v) is 8.16. The molecular weight excluding hydrogens is 363 g/mol. The number of esters is 1. The van der Waals surface area contributed by atoms with E-state index in [9.17, 15) is 4.79 Å². The number of carbonyl (C=O) groups is 1. The molecular formula is C17H19IO2. The first-order valence-electron chi connectivity index (χ1n) is 7.08. The minimum absolute atomic E-state index is 0.208. The Bertz CT molecular complexity index is 551. The van der Waals surface area contributed by atoms with Crippen LogP contribution in [-0.2, 0) is 4.74 Å². The highest BCUT2D eigenvalue weighted by atomic mass is 127. The van der Waals surface area contributed by atoms with Crippen LogP contribution in [-0.4, -0.2) is 12.6 Å². The summed E-state index contributed by atoms with van der Waals surface area (Å²) in [4.78, 5) is 12.2. The molecule has 0 amide bonds. The zero-order valence-electron chi connectivity index (χ0n) is 11.7. The van der Waals surface area contributed by atoms with Gasteiger partial charge in [-0.25, -0.2) is 4.79 Å². The third-order valence-electron chi connectivity index (χ3n) is 3.31. The maximum atomic E-state index is 12.2. The van der Waals surface area contributed by atoms with Crippen molar-refractivity contribution in [2.45, 2.75) is 32.6 Å². The molecule has 0 aromatic heterocycles. The molecule has 2 aliphatic rings. The van der Waals surface area contributed by atoms with Crippen molar-refractivity contribution in [3.63, 3.8) is 0 Å². The molecule has 0 spiro atoms. The van der Waals surface area contributed by atoms with Gasteiger partial charge in [0.1, 0.15) is 0 Å². The lowest BCUT2D eigenvalue weighted by atomic mass is 10.1. The molecule has 0 saturated carbocycles. The number of unbranched alkanes of at least 4 members (excludes halogenated alkanes) is 3. The predicted octanol–water partition coefficient (Wildman–Crippen LogP) is 5.13. The third kappa shape index (κ3) is 3.72. The number of carbonyl (C=O) groups excluding carboxylic acids is 1. The van der Waals surface area contributed by atoms with Gasteiger partial charge >= 0.3 is 5.97 Å². The summed E-state index contributed by atoms with van der Waals surface area (Å²) in [6.45, 7) is 2.69. The van der Waals surface area contributed by atoms with Gasteiger partial charge in [0.15, 0.2) is 0 Å². The van der Waals surface area contributed by atoms with Crippen LogP contribution in [0.15, 0.2) is 36.4 Å². The topological polar surface area (TPSA) is 26.3 Å². The van der Waals surface area contributed by atoms with E-state index in [0.29, 0.717) is 12.2 Å². The van der Waals surface area contributed by atoms with Crippen LogP contribution >= 0.6 is 22.6 Å². The van der Waals surface area contributed by atoms with Crippen molar-refractivity contribution >= 4 is 28.6 Å². The highest BCUT2D eigenvalue weighted by Crippen LogP contribution is 2.33. The van der Waals surface area contributed by atoms with Crippen LogP contribution in [0.5, 0.6) is 0 Å². The molecule has 0 radical (unpaired) electrons. The molecule has 0 saturated heterocycles. The van der Waals surface area contributed by atoms with Crippen LogP contribution < -0.4 is 0 Å². The molecule has 0 unspecified atom stereocenters. The zero-order valence-corrected chi connectivity index (χ0v) is 13.9. The second-order valence-electron chi connectivity index (χ2n) is 4.84. The Morgan fingerprint density at radius 2 is 1.85 bits per heavy atom. The van der Waals surface area contributed by atoms with E-state index in [1.807, 2.05) is 36.4 Å². The molecule has 0 atom stereocenters. The van der Waals surface area contributed by atoms with E-state index in [-0.39, 0.29) is 5.97 Å². The molecule has 0 fully saturated rings. The largest absolute Gasteiger partial charge is 0.462 e. The highest BCUT2D eigenvalue weighted by Gasteiger charge is 2.19. The third-order valence-corrected chi connectivity index (χ3v) is 4.20. The van der Waals surface area contributed by atoms with E-state index in [4.69, 9.17) is 4.74 Å². The number of rotatable bonds is 6. The van der Waals surface area contributed by atoms with Crippen LogP contribution in [0.1, 0.15) is 43.0 Å². The average molecular weight is 382 g/mol. The molecule has 2 nitrogen and oxygen atoms in total. The maximum absolute atomic E-state index is 12.2. The van der Waals surface area contributed by atoms with Crippen molar-refractivity contribution < 1.29 is 9.53 Å². The molecule has 2 aliphatic carbocycles. The fourth-order valence-electron chi connectivity index (χ4n) is 2.21. The van der Waals surface area contributed by atoms with Crippen molar-refractivity contribution in [2.75, 3.05) is 6.61 Å². The SMILES string of the molecule is CCCCCCOC(=O)c1cc(I)c2cccccc1-2. The van der Waals surface area contributed by atoms with Crippen LogP contribution in [0, 0.1) is 3.57 Å². The molecule has 0 bridgehead atoms. The minimum Gasteiger partial charge on any atom is -0.462 e. The monoisotopic (exact) mass is 382 g/mol. The van der Waals surface area contributed by atoms with Crippen molar-refractivity contribution in [2.24, 2.45) is 0 Å². The summed E-state index contributed by atoms with van der Waals surface area (Å²) in [6.07, 6.45) is 4.46. The van der Waals surface area contributed by atoms with Gasteiger partial charge in [0.2, 0.25) is 0 Å². The van der Waals surface area contributed by atoms with Crippen molar-refractivity contribution in [1.82, 2.24) is 0 Å². The number of fused-ring (bicyclic) bond motifs is 1. The number of ether oxygens (including phenoxy) is 1. The van der Waals surface area contributed by atoms with Gasteiger partial charge in [0.25, 0.3) is 0 Å². The maximum Gasteiger partial charge on any atom is 0.338 e. The Morgan fingerprint density at radius 1 is 1.10 bits per heavy atom. The van der Waals surface area contributed by atoms with Gasteiger partial charge < -0.3 is 4.74 Å². The van der Waals surface area contributed by atoms with Crippen LogP contribution in [0.4, 0.5) is 0 Å². The van der Waals surface area contributed by atoms with E-state index >= 15 is 0 Å². The Kier molecular flexibility index (Phi) is 5.83. The molecule has 2 rings (SSSR count). The standard InChI is InChI=1S/C17H19IO2/c1-2-3-4-8-11-20-17(19)15-12-16(18)14-10-7-5-6-9-13(14)15/h5-7,9-10,12H,2-4,8,11H2,1H3. The normalized spacial score (nSPS) is 10.7. The molecule has 0 aromatic carbocycles. The number of halogens is 1. The summed E-state index contributed by atoms with van der Waals surface area (Å²) >= 11 is 2.26. The lowest BCUT2D eigenvalue weighted by molar-refractivity contribution is 0.0499. The van der Waals surface area contributed by atoms with Gasteiger partial charge in [-0.05, 0) is 46.2 Å². The van der Waals surface area contributed by atoms with Crippen molar-refractivity contribution in [3.8, 4) is 11.1 Å². The Hall–Kier alpha value is -1.10. The first-order chi connectivity index (χ1) is 9.74. The highest BCUT2D eigenvalue weighted by molar-refractivity contribution is 14.1. The number of hydrogen-bond acceptors (Lipinski definition) is 2. The van der Waals surface area contributed by atoms with E-state index in [1.54, 1.807) is 0 Å². The van der Waals surface area contributed by atoms with Crippen LogP contribution in [0.3, 0.4) is 0 Å². The van der Waals surface area contributed by atoms with Gasteiger partial charge in [-0.3, -0.25) is 0 Å². The summed E-state index contributed by atoms with van der Waals surface area (Å²) in [5, 5.41) is 0. The number of hydrogen-bond donors (Lipinski definition) is 0. The second-order valence-corrected chi connectivity index (χ2v) is 6.00. The molecule has 0 aliphatic heterocycles. The lowest BCUT2D eigenvalue weighted by Crippen LogP contribution is -2.06. The summed E-state index contributed by atoms with van der Waals surface area (Å²) in [5.41, 5.74) is 2.75. The summed E-state index contributed by atoms with van der Waals surface area (Å²) in [5.74, 6) is -0.208.